The summed E-state index contributed by atoms with van der Waals surface area (Å²) in [4.78, 5) is 28.6. The van der Waals surface area contributed by atoms with E-state index in [1.54, 1.807) is 26.5 Å². The zero-order chi connectivity index (χ0) is 16.8. The van der Waals surface area contributed by atoms with Crippen molar-refractivity contribution in [2.24, 2.45) is 7.05 Å². The molecule has 0 aromatic carbocycles. The topological polar surface area (TPSA) is 93.0 Å². The van der Waals surface area contributed by atoms with Gasteiger partial charge < -0.3 is 14.8 Å². The van der Waals surface area contributed by atoms with Crippen molar-refractivity contribution in [1.82, 2.24) is 30.0 Å². The molecule has 0 spiro atoms. The number of aromatic nitrogens is 4. The molecule has 9 heteroatoms. The van der Waals surface area contributed by atoms with Crippen LogP contribution in [0.25, 0.3) is 11.4 Å². The highest BCUT2D eigenvalue weighted by Crippen LogP contribution is 2.21. The van der Waals surface area contributed by atoms with Gasteiger partial charge in [-0.25, -0.2) is 0 Å². The van der Waals surface area contributed by atoms with E-state index in [0.29, 0.717) is 11.0 Å². The summed E-state index contributed by atoms with van der Waals surface area (Å²) in [5.74, 6) is 0.502. The summed E-state index contributed by atoms with van der Waals surface area (Å²) in [6, 6.07) is 3.69. The van der Waals surface area contributed by atoms with Crippen molar-refractivity contribution in [3.63, 3.8) is 0 Å². The monoisotopic (exact) mass is 334 g/mol. The number of rotatable bonds is 6. The molecule has 0 unspecified atom stereocenters. The molecule has 0 aliphatic heterocycles. The molecule has 2 heterocycles. The smallest absolute Gasteiger partial charge is 0.241 e. The van der Waals surface area contributed by atoms with Crippen LogP contribution < -0.4 is 5.32 Å². The molecule has 2 rings (SSSR count). The molecule has 2 amide bonds. The van der Waals surface area contributed by atoms with E-state index >= 15 is 0 Å². The molecule has 0 saturated heterocycles. The lowest BCUT2D eigenvalue weighted by Gasteiger charge is -2.10. The third-order valence-electron chi connectivity index (χ3n) is 3.04. The molecule has 0 radical (unpaired) electrons. The van der Waals surface area contributed by atoms with Crippen LogP contribution in [-0.2, 0) is 16.6 Å². The third-order valence-corrected chi connectivity index (χ3v) is 4.06. The maximum atomic E-state index is 11.8. The van der Waals surface area contributed by atoms with Crippen LogP contribution >= 0.6 is 11.8 Å². The number of carbonyl (C=O) groups excluding carboxylic acids is 2. The maximum Gasteiger partial charge on any atom is 0.241 e. The zero-order valence-electron chi connectivity index (χ0n) is 13.2. The van der Waals surface area contributed by atoms with E-state index in [1.807, 2.05) is 23.7 Å². The molecule has 1 N–H and O–H groups in total. The number of nitrogens with one attached hydrogen (secondary N) is 1. The fourth-order valence-electron chi connectivity index (χ4n) is 1.71. The first-order valence-electron chi connectivity index (χ1n) is 6.88. The van der Waals surface area contributed by atoms with Crippen molar-refractivity contribution >= 4 is 23.6 Å². The third kappa shape index (κ3) is 4.52. The summed E-state index contributed by atoms with van der Waals surface area (Å²) >= 11 is 1.27. The van der Waals surface area contributed by atoms with Crippen LogP contribution in [0.5, 0.6) is 0 Å². The average Bonchev–Trinajstić information content (AvgIpc) is 2.92. The average molecular weight is 334 g/mol. The second-order valence-corrected chi connectivity index (χ2v) is 5.90. The van der Waals surface area contributed by atoms with Gasteiger partial charge >= 0.3 is 0 Å². The van der Waals surface area contributed by atoms with Gasteiger partial charge in [-0.15, -0.1) is 10.2 Å². The van der Waals surface area contributed by atoms with Crippen molar-refractivity contribution in [3.05, 3.63) is 24.5 Å². The van der Waals surface area contributed by atoms with Crippen LogP contribution in [0.3, 0.4) is 0 Å². The van der Waals surface area contributed by atoms with Gasteiger partial charge in [0.2, 0.25) is 11.8 Å². The normalized spacial score (nSPS) is 10.4. The Balaban J connectivity index is 1.91. The molecule has 23 heavy (non-hydrogen) atoms. The molecule has 2 aromatic heterocycles. The van der Waals surface area contributed by atoms with E-state index in [1.165, 1.54) is 16.7 Å². The number of hydrogen-bond donors (Lipinski definition) is 1. The van der Waals surface area contributed by atoms with E-state index in [2.05, 4.69) is 20.5 Å². The Morgan fingerprint density at radius 3 is 2.61 bits per heavy atom. The Labute approximate surface area is 138 Å². The fourth-order valence-corrected chi connectivity index (χ4v) is 2.45. The van der Waals surface area contributed by atoms with Crippen molar-refractivity contribution in [2.45, 2.75) is 5.16 Å². The Kier molecular flexibility index (Phi) is 5.69. The van der Waals surface area contributed by atoms with E-state index < -0.39 is 0 Å². The number of thioether (sulfide) groups is 1. The molecule has 0 atom stereocenters. The minimum atomic E-state index is -0.223. The van der Waals surface area contributed by atoms with Gasteiger partial charge in [0, 0.05) is 39.1 Å². The van der Waals surface area contributed by atoms with Gasteiger partial charge in [0.15, 0.2) is 11.0 Å². The Hall–Kier alpha value is -2.42. The summed E-state index contributed by atoms with van der Waals surface area (Å²) in [7, 11) is 5.12. The molecular formula is C14H18N6O2S. The van der Waals surface area contributed by atoms with Crippen LogP contribution in [0.15, 0.2) is 29.7 Å². The number of likely N-dealkylation sites (N-methyl/N-ethyl adjacent to an activating group) is 1. The first-order chi connectivity index (χ1) is 11.0. The summed E-state index contributed by atoms with van der Waals surface area (Å²) in [6.45, 7) is -0.00647. The summed E-state index contributed by atoms with van der Waals surface area (Å²) < 4.78 is 1.82. The van der Waals surface area contributed by atoms with Crippen LogP contribution in [-0.4, -0.2) is 62.9 Å². The zero-order valence-corrected chi connectivity index (χ0v) is 14.0. The van der Waals surface area contributed by atoms with Crippen LogP contribution in [0, 0.1) is 0 Å². The van der Waals surface area contributed by atoms with Crippen LogP contribution in [0.4, 0.5) is 0 Å². The quantitative estimate of drug-likeness (QED) is 0.757. The highest BCUT2D eigenvalue weighted by atomic mass is 32.2. The Morgan fingerprint density at radius 1 is 1.26 bits per heavy atom. The van der Waals surface area contributed by atoms with Crippen molar-refractivity contribution in [2.75, 3.05) is 26.4 Å². The van der Waals surface area contributed by atoms with Gasteiger partial charge in [0.05, 0.1) is 12.3 Å². The highest BCUT2D eigenvalue weighted by Gasteiger charge is 2.13. The molecule has 2 aromatic rings. The van der Waals surface area contributed by atoms with Crippen LogP contribution in [0.1, 0.15) is 0 Å². The SMILES string of the molecule is CN(C)C(=O)CNC(=O)CSc1nnc(-c2ccncc2)n1C. The molecular weight excluding hydrogens is 316 g/mol. The fraction of sp³-hybridized carbons (Fsp3) is 0.357. The first kappa shape index (κ1) is 16.9. The predicted molar refractivity (Wildman–Crippen MR) is 86.7 cm³/mol. The van der Waals surface area contributed by atoms with Gasteiger partial charge in [-0.3, -0.25) is 14.6 Å². The van der Waals surface area contributed by atoms with Crippen LogP contribution in [0.2, 0.25) is 0 Å². The van der Waals surface area contributed by atoms with Gasteiger partial charge in [-0.1, -0.05) is 11.8 Å². The molecule has 0 aliphatic rings. The van der Waals surface area contributed by atoms with E-state index in [4.69, 9.17) is 0 Å². The lowest BCUT2D eigenvalue weighted by molar-refractivity contribution is -0.130. The standard InChI is InChI=1S/C14H18N6O2S/c1-19(2)12(22)8-16-11(21)9-23-14-18-17-13(20(14)3)10-4-6-15-7-5-10/h4-7H,8-9H2,1-3H3,(H,16,21). The minimum Gasteiger partial charge on any atom is -0.347 e. The minimum absolute atomic E-state index is 0.00647. The largest absolute Gasteiger partial charge is 0.347 e. The van der Waals surface area contributed by atoms with E-state index in [9.17, 15) is 9.59 Å². The molecule has 122 valence electrons. The summed E-state index contributed by atoms with van der Waals surface area (Å²) in [6.07, 6.45) is 3.37. The van der Waals surface area contributed by atoms with Crippen molar-refractivity contribution < 1.29 is 9.59 Å². The van der Waals surface area contributed by atoms with Crippen molar-refractivity contribution in [3.8, 4) is 11.4 Å². The second-order valence-electron chi connectivity index (χ2n) is 4.95. The van der Waals surface area contributed by atoms with Gasteiger partial charge in [-0.2, -0.15) is 0 Å². The number of hydrogen-bond acceptors (Lipinski definition) is 6. The second kappa shape index (κ2) is 7.73. The Morgan fingerprint density at radius 2 is 1.96 bits per heavy atom. The van der Waals surface area contributed by atoms with Crippen molar-refractivity contribution in [1.29, 1.82) is 0 Å². The Bertz CT molecular complexity index is 686. The molecule has 0 aliphatic carbocycles. The van der Waals surface area contributed by atoms with Gasteiger partial charge in [0.25, 0.3) is 0 Å². The lowest BCUT2D eigenvalue weighted by atomic mass is 10.2. The summed E-state index contributed by atoms with van der Waals surface area (Å²) in [5, 5.41) is 11.4. The van der Waals surface area contributed by atoms with E-state index in [-0.39, 0.29) is 24.1 Å². The number of pyridine rings is 1. The molecule has 0 bridgehead atoms. The maximum absolute atomic E-state index is 11.8. The van der Waals surface area contributed by atoms with Gasteiger partial charge in [0.1, 0.15) is 0 Å². The molecule has 0 fully saturated rings. The predicted octanol–water partition coefficient (Wildman–Crippen LogP) is 0.174. The lowest BCUT2D eigenvalue weighted by Crippen LogP contribution is -2.37. The number of amides is 2. The molecule has 8 nitrogen and oxygen atoms in total. The number of carbonyl (C=O) groups is 2. The summed E-state index contributed by atoms with van der Waals surface area (Å²) in [5.41, 5.74) is 0.905. The van der Waals surface area contributed by atoms with E-state index in [0.717, 1.165) is 5.56 Å². The first-order valence-corrected chi connectivity index (χ1v) is 7.87. The molecule has 0 saturated carbocycles. The number of nitrogens with zero attached hydrogens (tertiary/aromatic N) is 5. The van der Waals surface area contributed by atoms with Gasteiger partial charge in [-0.05, 0) is 12.1 Å². The highest BCUT2D eigenvalue weighted by molar-refractivity contribution is 7.99.